The fourth-order valence-electron chi connectivity index (χ4n) is 3.45. The molecular formula is C13H16N6O. The van der Waals surface area contributed by atoms with Crippen molar-refractivity contribution < 1.29 is 4.79 Å². The molecule has 2 aliphatic carbocycles. The van der Waals surface area contributed by atoms with E-state index in [9.17, 15) is 4.79 Å². The normalized spacial score (nSPS) is 39.2. The molecule has 7 heteroatoms. The Bertz CT molecular complexity index is 483. The number of carbonyl (C=O) groups excluding carboxylic acids is 1. The van der Waals surface area contributed by atoms with Gasteiger partial charge in [-0.25, -0.2) is 0 Å². The zero-order valence-corrected chi connectivity index (χ0v) is 11.1. The van der Waals surface area contributed by atoms with E-state index in [1.165, 1.54) is 0 Å². The lowest BCUT2D eigenvalue weighted by Crippen LogP contribution is -2.60. The minimum Gasteiger partial charge on any atom is -0.293 e. The molecule has 0 aromatic carbocycles. The van der Waals surface area contributed by atoms with Crippen LogP contribution < -0.4 is 0 Å². The predicted molar refractivity (Wildman–Crippen MR) is 71.8 cm³/mol. The Hall–Kier alpha value is -1.79. The van der Waals surface area contributed by atoms with Crippen LogP contribution in [-0.2, 0) is 4.79 Å². The van der Waals surface area contributed by atoms with Crippen LogP contribution in [0.5, 0.6) is 0 Å². The first-order valence-corrected chi connectivity index (χ1v) is 7.26. The maximum Gasteiger partial charge on any atom is 0.203 e. The first-order valence-electron chi connectivity index (χ1n) is 7.26. The molecule has 0 aromatic rings. The minimum absolute atomic E-state index is 0.0330. The van der Waals surface area contributed by atoms with E-state index in [2.05, 4.69) is 30.9 Å². The molecule has 2 unspecified atom stereocenters. The summed E-state index contributed by atoms with van der Waals surface area (Å²) in [6.07, 6.45) is 9.46. The van der Waals surface area contributed by atoms with Crippen LogP contribution in [0.1, 0.15) is 38.5 Å². The van der Waals surface area contributed by atoms with Crippen molar-refractivity contribution in [2.45, 2.75) is 49.6 Å². The molecule has 2 heterocycles. The summed E-state index contributed by atoms with van der Waals surface area (Å²) in [4.78, 5) is 13.3. The van der Waals surface area contributed by atoms with E-state index >= 15 is 0 Å². The fourth-order valence-corrected chi connectivity index (χ4v) is 3.45. The third-order valence-corrected chi connectivity index (χ3v) is 5.22. The van der Waals surface area contributed by atoms with Crippen molar-refractivity contribution in [1.29, 1.82) is 0 Å². The van der Waals surface area contributed by atoms with Gasteiger partial charge in [0.05, 0.1) is 12.4 Å². The van der Waals surface area contributed by atoms with E-state index in [-0.39, 0.29) is 17.6 Å². The molecule has 0 spiro atoms. The lowest BCUT2D eigenvalue weighted by atomic mass is 9.61. The second-order valence-corrected chi connectivity index (χ2v) is 6.10. The summed E-state index contributed by atoms with van der Waals surface area (Å²) in [6, 6.07) is 0. The van der Waals surface area contributed by atoms with E-state index in [1.807, 2.05) is 0 Å². The van der Waals surface area contributed by atoms with Crippen molar-refractivity contribution >= 4 is 18.2 Å². The lowest BCUT2D eigenvalue weighted by molar-refractivity contribution is -0.129. The zero-order valence-electron chi connectivity index (χ0n) is 11.1. The van der Waals surface area contributed by atoms with Crippen molar-refractivity contribution in [2.24, 2.45) is 42.7 Å². The molecule has 2 atom stereocenters. The van der Waals surface area contributed by atoms with Gasteiger partial charge >= 0.3 is 0 Å². The first-order chi connectivity index (χ1) is 9.78. The smallest absolute Gasteiger partial charge is 0.203 e. The van der Waals surface area contributed by atoms with Gasteiger partial charge in [-0.2, -0.15) is 0 Å². The summed E-state index contributed by atoms with van der Waals surface area (Å²) in [7, 11) is 0. The molecule has 20 heavy (non-hydrogen) atoms. The van der Waals surface area contributed by atoms with Crippen LogP contribution in [0.25, 0.3) is 0 Å². The van der Waals surface area contributed by atoms with Crippen molar-refractivity contribution in [2.75, 3.05) is 0 Å². The third kappa shape index (κ3) is 1.38. The van der Waals surface area contributed by atoms with Crippen LogP contribution in [-0.4, -0.2) is 29.3 Å². The number of rotatable bonds is 4. The highest BCUT2D eigenvalue weighted by Crippen LogP contribution is 2.47. The molecule has 2 fully saturated rings. The molecule has 2 saturated carbocycles. The van der Waals surface area contributed by atoms with Gasteiger partial charge in [0.15, 0.2) is 11.1 Å². The van der Waals surface area contributed by atoms with Gasteiger partial charge in [0.2, 0.25) is 5.78 Å². The highest BCUT2D eigenvalue weighted by atomic mass is 16.1. The third-order valence-electron chi connectivity index (χ3n) is 5.22. The van der Waals surface area contributed by atoms with Gasteiger partial charge in [-0.05, 0) is 48.0 Å². The predicted octanol–water partition coefficient (Wildman–Crippen LogP) is 2.54. The highest BCUT2D eigenvalue weighted by molar-refractivity contribution is 6.18. The van der Waals surface area contributed by atoms with Crippen LogP contribution in [0.3, 0.4) is 0 Å². The summed E-state index contributed by atoms with van der Waals surface area (Å²) in [5.74, 6) is 0.367. The van der Waals surface area contributed by atoms with Crippen LogP contribution >= 0.6 is 0 Å². The van der Waals surface area contributed by atoms with Crippen LogP contribution in [0.15, 0.2) is 30.9 Å². The zero-order chi connectivity index (χ0) is 13.6. The van der Waals surface area contributed by atoms with Gasteiger partial charge < -0.3 is 0 Å². The Kier molecular flexibility index (Phi) is 2.46. The second kappa shape index (κ2) is 4.10. The average molecular weight is 272 g/mol. The van der Waals surface area contributed by atoms with Gasteiger partial charge in [-0.15, -0.1) is 20.4 Å². The average Bonchev–Trinajstić information content (AvgIpc) is 2.94. The van der Waals surface area contributed by atoms with Gasteiger partial charge in [-0.1, -0.05) is 12.8 Å². The maximum absolute atomic E-state index is 13.3. The molecule has 0 radical (unpaired) electrons. The van der Waals surface area contributed by atoms with Crippen molar-refractivity contribution in [3.8, 4) is 0 Å². The van der Waals surface area contributed by atoms with Crippen molar-refractivity contribution in [3.05, 3.63) is 0 Å². The number of hydrogen-bond donors (Lipinski definition) is 0. The van der Waals surface area contributed by atoms with Gasteiger partial charge in [0, 0.05) is 0 Å². The summed E-state index contributed by atoms with van der Waals surface area (Å²) in [5.41, 5.74) is -1.85. The Morgan fingerprint density at radius 1 is 0.850 bits per heavy atom. The number of hydrogen-bond acceptors (Lipinski definition) is 7. The molecule has 0 amide bonds. The quantitative estimate of drug-likeness (QED) is 0.772. The molecule has 4 rings (SSSR count). The van der Waals surface area contributed by atoms with Crippen LogP contribution in [0.2, 0.25) is 0 Å². The number of ketones is 1. The van der Waals surface area contributed by atoms with Gasteiger partial charge in [0.1, 0.15) is 0 Å². The molecule has 4 aliphatic rings. The number of nitrogens with zero attached hydrogens (tertiary/aromatic N) is 6. The molecule has 2 aliphatic heterocycles. The van der Waals surface area contributed by atoms with Gasteiger partial charge in [0.25, 0.3) is 0 Å². The summed E-state index contributed by atoms with van der Waals surface area (Å²) in [6.45, 7) is 0. The van der Waals surface area contributed by atoms with E-state index in [0.29, 0.717) is 0 Å². The standard InChI is InChI=1S/C13H16N6O/c20-11(12(7-14-18-16-12)9-3-1-4-9)13(8-15-19-17-13)10-5-2-6-10/h7-10H,1-6H2. The van der Waals surface area contributed by atoms with Gasteiger partial charge in [-0.3, -0.25) is 4.79 Å². The minimum atomic E-state index is -0.927. The Morgan fingerprint density at radius 2 is 1.30 bits per heavy atom. The van der Waals surface area contributed by atoms with Crippen molar-refractivity contribution in [1.82, 2.24) is 0 Å². The first kappa shape index (κ1) is 12.0. The van der Waals surface area contributed by atoms with Crippen molar-refractivity contribution in [3.63, 3.8) is 0 Å². The van der Waals surface area contributed by atoms with Crippen LogP contribution in [0.4, 0.5) is 0 Å². The van der Waals surface area contributed by atoms with E-state index in [1.54, 1.807) is 12.4 Å². The molecule has 104 valence electrons. The molecule has 0 bridgehead atoms. The topological polar surface area (TPSA) is 91.2 Å². The monoisotopic (exact) mass is 272 g/mol. The molecule has 0 N–H and O–H groups in total. The summed E-state index contributed by atoms with van der Waals surface area (Å²) >= 11 is 0. The maximum atomic E-state index is 13.3. The Labute approximate surface area is 116 Å². The second-order valence-electron chi connectivity index (χ2n) is 6.10. The summed E-state index contributed by atoms with van der Waals surface area (Å²) in [5, 5.41) is 23.6. The number of carbonyl (C=O) groups is 1. The fraction of sp³-hybridized carbons (Fsp3) is 0.769. The summed E-state index contributed by atoms with van der Waals surface area (Å²) < 4.78 is 0. The Balaban J connectivity index is 1.74. The SMILES string of the molecule is O=C(C1(C2CCC2)C=NN=N1)C1(C2CCC2)C=NN=N1. The lowest BCUT2D eigenvalue weighted by Gasteiger charge is -2.43. The van der Waals surface area contributed by atoms with E-state index in [0.717, 1.165) is 38.5 Å². The molecular weight excluding hydrogens is 256 g/mol. The van der Waals surface area contributed by atoms with Crippen LogP contribution in [0, 0.1) is 11.8 Å². The molecule has 0 saturated heterocycles. The molecule has 0 aromatic heterocycles. The number of Topliss-reactive ketones (excluding diaryl/α,β-unsaturated/α-hetero) is 1. The highest BCUT2D eigenvalue weighted by Gasteiger charge is 2.61. The van der Waals surface area contributed by atoms with E-state index in [4.69, 9.17) is 0 Å². The molecule has 7 nitrogen and oxygen atoms in total. The largest absolute Gasteiger partial charge is 0.293 e. The Morgan fingerprint density at radius 3 is 1.55 bits per heavy atom. The van der Waals surface area contributed by atoms with E-state index < -0.39 is 11.1 Å².